The molecule has 2 unspecified atom stereocenters. The Morgan fingerprint density at radius 2 is 1.90 bits per heavy atom. The molecule has 0 bridgehead atoms. The van der Waals surface area contributed by atoms with Crippen LogP contribution in [-0.2, 0) is 9.47 Å². The van der Waals surface area contributed by atoms with E-state index in [1.165, 1.54) is 0 Å². The van der Waals surface area contributed by atoms with Gasteiger partial charge in [0.1, 0.15) is 12.2 Å². The number of ether oxygens (including phenoxy) is 2. The van der Waals surface area contributed by atoms with Gasteiger partial charge in [-0.05, 0) is 18.2 Å². The highest BCUT2D eigenvalue weighted by Crippen LogP contribution is 2.23. The smallest absolute Gasteiger partial charge is 0.254 e. The van der Waals surface area contributed by atoms with Crippen LogP contribution in [0.5, 0.6) is 0 Å². The van der Waals surface area contributed by atoms with Crippen LogP contribution in [0.4, 0.5) is 0 Å². The second-order valence-corrected chi connectivity index (χ2v) is 5.00. The molecule has 1 fully saturated rings. The molecule has 0 aliphatic carbocycles. The first kappa shape index (κ1) is 13.1. The Labute approximate surface area is 117 Å². The van der Waals surface area contributed by atoms with E-state index in [0.29, 0.717) is 13.1 Å². The highest BCUT2D eigenvalue weighted by molar-refractivity contribution is 6.06. The average molecular weight is 274 g/mol. The molecule has 5 nitrogen and oxygen atoms in total. The summed E-state index contributed by atoms with van der Waals surface area (Å²) in [5.74, 6) is 0.0248. The van der Waals surface area contributed by atoms with Gasteiger partial charge in [-0.25, -0.2) is 0 Å². The lowest BCUT2D eigenvalue weighted by molar-refractivity contribution is -0.00461. The summed E-state index contributed by atoms with van der Waals surface area (Å²) in [6.45, 7) is 1.13. The molecule has 1 N–H and O–H groups in total. The van der Waals surface area contributed by atoms with Crippen LogP contribution in [0, 0.1) is 0 Å². The second-order valence-electron chi connectivity index (χ2n) is 5.00. The van der Waals surface area contributed by atoms with Crippen molar-refractivity contribution in [3.05, 3.63) is 36.0 Å². The Kier molecular flexibility index (Phi) is 3.46. The van der Waals surface area contributed by atoms with Gasteiger partial charge in [0.15, 0.2) is 0 Å². The molecule has 0 spiro atoms. The fourth-order valence-electron chi connectivity index (χ4n) is 2.80. The SMILES string of the molecule is COC1CN(C(=O)c2cccc3[nH]ccc23)CC1OC. The van der Waals surface area contributed by atoms with E-state index in [2.05, 4.69) is 4.98 Å². The zero-order valence-electron chi connectivity index (χ0n) is 11.6. The number of nitrogens with zero attached hydrogens (tertiary/aromatic N) is 1. The number of hydrogen-bond acceptors (Lipinski definition) is 3. The van der Waals surface area contributed by atoms with Crippen LogP contribution >= 0.6 is 0 Å². The molecule has 106 valence electrons. The first-order chi connectivity index (χ1) is 9.74. The Hall–Kier alpha value is -1.85. The summed E-state index contributed by atoms with van der Waals surface area (Å²) >= 11 is 0. The maximum atomic E-state index is 12.7. The minimum absolute atomic E-state index is 0.0248. The summed E-state index contributed by atoms with van der Waals surface area (Å²) in [5, 5.41) is 0.951. The van der Waals surface area contributed by atoms with Crippen molar-refractivity contribution in [1.82, 2.24) is 9.88 Å². The number of benzene rings is 1. The van der Waals surface area contributed by atoms with E-state index in [0.717, 1.165) is 16.5 Å². The van der Waals surface area contributed by atoms with Crippen LogP contribution in [0.25, 0.3) is 10.9 Å². The zero-order chi connectivity index (χ0) is 14.1. The first-order valence-electron chi connectivity index (χ1n) is 6.65. The Morgan fingerprint density at radius 3 is 2.55 bits per heavy atom. The normalized spacial score (nSPS) is 22.6. The molecule has 3 rings (SSSR count). The van der Waals surface area contributed by atoms with Gasteiger partial charge >= 0.3 is 0 Å². The molecule has 1 saturated heterocycles. The van der Waals surface area contributed by atoms with Crippen molar-refractivity contribution in [1.29, 1.82) is 0 Å². The molecule has 1 amide bonds. The van der Waals surface area contributed by atoms with Gasteiger partial charge in [-0.15, -0.1) is 0 Å². The minimum atomic E-state index is -0.0608. The van der Waals surface area contributed by atoms with Crippen LogP contribution < -0.4 is 0 Å². The third kappa shape index (κ3) is 2.09. The lowest BCUT2D eigenvalue weighted by Gasteiger charge is -2.16. The minimum Gasteiger partial charge on any atom is -0.377 e. The Bertz CT molecular complexity index is 610. The quantitative estimate of drug-likeness (QED) is 0.926. The third-order valence-corrected chi connectivity index (χ3v) is 3.93. The molecule has 2 aromatic rings. The maximum absolute atomic E-state index is 12.7. The van der Waals surface area contributed by atoms with E-state index in [1.54, 1.807) is 19.1 Å². The van der Waals surface area contributed by atoms with Gasteiger partial charge < -0.3 is 19.4 Å². The summed E-state index contributed by atoms with van der Waals surface area (Å²) in [6.07, 6.45) is 1.73. The van der Waals surface area contributed by atoms with E-state index in [4.69, 9.17) is 9.47 Å². The fraction of sp³-hybridized carbons (Fsp3) is 0.400. The molecular weight excluding hydrogens is 256 g/mol. The molecule has 1 aliphatic heterocycles. The van der Waals surface area contributed by atoms with E-state index in [-0.39, 0.29) is 18.1 Å². The van der Waals surface area contributed by atoms with Gasteiger partial charge in [0.05, 0.1) is 0 Å². The summed E-state index contributed by atoms with van der Waals surface area (Å²) < 4.78 is 10.8. The molecule has 5 heteroatoms. The van der Waals surface area contributed by atoms with E-state index in [9.17, 15) is 4.79 Å². The standard InChI is InChI=1S/C15H18N2O3/c1-19-13-8-17(9-14(13)20-2)15(18)11-4-3-5-12-10(11)6-7-16-12/h3-7,13-14,16H,8-9H2,1-2H3. The van der Waals surface area contributed by atoms with Gasteiger partial charge in [-0.3, -0.25) is 4.79 Å². The van der Waals surface area contributed by atoms with Crippen molar-refractivity contribution < 1.29 is 14.3 Å². The maximum Gasteiger partial charge on any atom is 0.254 e. The molecule has 2 heterocycles. The molecule has 20 heavy (non-hydrogen) atoms. The third-order valence-electron chi connectivity index (χ3n) is 3.93. The van der Waals surface area contributed by atoms with Crippen molar-refractivity contribution in [3.63, 3.8) is 0 Å². The molecular formula is C15H18N2O3. The number of amides is 1. The van der Waals surface area contributed by atoms with Crippen LogP contribution in [0.2, 0.25) is 0 Å². The Balaban J connectivity index is 1.88. The fourth-order valence-corrected chi connectivity index (χ4v) is 2.80. The van der Waals surface area contributed by atoms with Gasteiger partial charge in [0.2, 0.25) is 0 Å². The van der Waals surface area contributed by atoms with Crippen LogP contribution in [0.1, 0.15) is 10.4 Å². The summed E-state index contributed by atoms with van der Waals surface area (Å²) in [6, 6.07) is 7.65. The monoisotopic (exact) mass is 274 g/mol. The molecule has 0 radical (unpaired) electrons. The summed E-state index contributed by atoms with van der Waals surface area (Å²) in [7, 11) is 3.30. The van der Waals surface area contributed by atoms with E-state index >= 15 is 0 Å². The number of nitrogens with one attached hydrogen (secondary N) is 1. The van der Waals surface area contributed by atoms with Crippen molar-refractivity contribution in [2.45, 2.75) is 12.2 Å². The van der Waals surface area contributed by atoms with Crippen LogP contribution in [-0.4, -0.2) is 55.3 Å². The van der Waals surface area contributed by atoms with Gasteiger partial charge in [0, 0.05) is 50.0 Å². The molecule has 0 saturated carbocycles. The number of H-pyrrole nitrogens is 1. The number of aromatic amines is 1. The van der Waals surface area contributed by atoms with Crippen LogP contribution in [0.15, 0.2) is 30.5 Å². The molecule has 1 aromatic carbocycles. The molecule has 2 atom stereocenters. The second kappa shape index (κ2) is 5.26. The number of likely N-dealkylation sites (tertiary alicyclic amines) is 1. The zero-order valence-corrected chi connectivity index (χ0v) is 11.6. The number of rotatable bonds is 3. The average Bonchev–Trinajstić information content (AvgIpc) is 3.11. The topological polar surface area (TPSA) is 54.6 Å². The van der Waals surface area contributed by atoms with Gasteiger partial charge in [-0.1, -0.05) is 6.07 Å². The number of methoxy groups -OCH3 is 2. The van der Waals surface area contributed by atoms with Gasteiger partial charge in [-0.2, -0.15) is 0 Å². The van der Waals surface area contributed by atoms with Crippen molar-refractivity contribution in [3.8, 4) is 0 Å². The molecule has 1 aliphatic rings. The number of hydrogen-bond donors (Lipinski definition) is 1. The van der Waals surface area contributed by atoms with Crippen LogP contribution in [0.3, 0.4) is 0 Å². The van der Waals surface area contributed by atoms with E-state index < -0.39 is 0 Å². The predicted molar refractivity (Wildman–Crippen MR) is 75.8 cm³/mol. The summed E-state index contributed by atoms with van der Waals surface area (Å²) in [5.41, 5.74) is 1.69. The highest BCUT2D eigenvalue weighted by atomic mass is 16.5. The first-order valence-corrected chi connectivity index (χ1v) is 6.65. The number of fused-ring (bicyclic) bond motifs is 1. The van der Waals surface area contributed by atoms with Crippen molar-refractivity contribution in [2.24, 2.45) is 0 Å². The lowest BCUT2D eigenvalue weighted by atomic mass is 10.1. The van der Waals surface area contributed by atoms with E-state index in [1.807, 2.05) is 30.5 Å². The Morgan fingerprint density at radius 1 is 1.20 bits per heavy atom. The molecule has 1 aromatic heterocycles. The number of aromatic nitrogens is 1. The predicted octanol–water partition coefficient (Wildman–Crippen LogP) is 1.65. The highest BCUT2D eigenvalue weighted by Gasteiger charge is 2.36. The van der Waals surface area contributed by atoms with Crippen molar-refractivity contribution >= 4 is 16.8 Å². The summed E-state index contributed by atoms with van der Waals surface area (Å²) in [4.78, 5) is 17.6. The number of carbonyl (C=O) groups is 1. The van der Waals surface area contributed by atoms with Crippen molar-refractivity contribution in [2.75, 3.05) is 27.3 Å². The largest absolute Gasteiger partial charge is 0.377 e. The van der Waals surface area contributed by atoms with Gasteiger partial charge in [0.25, 0.3) is 5.91 Å². The number of carbonyl (C=O) groups excluding carboxylic acids is 1. The lowest BCUT2D eigenvalue weighted by Crippen LogP contribution is -2.30.